The molecule has 0 aliphatic rings. The van der Waals surface area contributed by atoms with Crippen LogP contribution in [0.25, 0.3) is 5.69 Å². The van der Waals surface area contributed by atoms with Gasteiger partial charge < -0.3 is 5.32 Å². The van der Waals surface area contributed by atoms with Crippen LogP contribution in [-0.2, 0) is 20.0 Å². The second-order valence-corrected chi connectivity index (χ2v) is 6.89. The van der Waals surface area contributed by atoms with E-state index in [1.165, 1.54) is 0 Å². The monoisotopic (exact) mass is 342 g/mol. The topological polar surface area (TPSA) is 51.9 Å². The summed E-state index contributed by atoms with van der Waals surface area (Å²) in [6, 6.07) is 9.73. The number of aromatic nitrogens is 3. The third kappa shape index (κ3) is 3.34. The van der Waals surface area contributed by atoms with E-state index in [0.717, 1.165) is 40.6 Å². The van der Waals surface area contributed by atoms with Crippen molar-refractivity contribution in [2.45, 2.75) is 26.8 Å². The Kier molecular flexibility index (Phi) is 4.97. The molecular weight excluding hydrogens is 320 g/mol. The molecule has 5 nitrogen and oxygen atoms in total. The number of nitrogens with zero attached hydrogens (tertiary/aromatic N) is 3. The lowest BCUT2D eigenvalue weighted by molar-refractivity contribution is 0.629. The third-order valence-electron chi connectivity index (χ3n) is 4.20. The van der Waals surface area contributed by atoms with Crippen molar-refractivity contribution in [2.24, 2.45) is 7.05 Å². The third-order valence-corrected chi connectivity index (χ3v) is 5.02. The van der Waals surface area contributed by atoms with E-state index in [0.29, 0.717) is 6.54 Å². The van der Waals surface area contributed by atoms with Crippen molar-refractivity contribution in [3.05, 3.63) is 68.0 Å². The summed E-state index contributed by atoms with van der Waals surface area (Å²) in [6.45, 7) is 5.38. The molecule has 0 unspecified atom stereocenters. The van der Waals surface area contributed by atoms with Crippen LogP contribution in [0.1, 0.15) is 22.0 Å². The van der Waals surface area contributed by atoms with E-state index in [1.54, 1.807) is 16.0 Å². The highest BCUT2D eigenvalue weighted by atomic mass is 32.1. The number of nitrogens with one attached hydrogen (secondary N) is 1. The molecule has 0 saturated heterocycles. The van der Waals surface area contributed by atoms with E-state index in [9.17, 15) is 4.79 Å². The van der Waals surface area contributed by atoms with Crippen molar-refractivity contribution in [1.82, 2.24) is 19.7 Å². The summed E-state index contributed by atoms with van der Waals surface area (Å²) in [5.74, 6) is 0. The second-order valence-electron chi connectivity index (χ2n) is 5.82. The largest absolute Gasteiger partial charge is 0.312 e. The van der Waals surface area contributed by atoms with Crippen LogP contribution in [-0.4, -0.2) is 20.9 Å². The molecule has 0 amide bonds. The number of hydrogen-bond acceptors (Lipinski definition) is 4. The van der Waals surface area contributed by atoms with Crippen LogP contribution >= 0.6 is 11.3 Å². The number of hydrogen-bond donors (Lipinski definition) is 1. The molecule has 2 aromatic heterocycles. The fourth-order valence-corrected chi connectivity index (χ4v) is 3.43. The Morgan fingerprint density at radius 2 is 1.96 bits per heavy atom. The van der Waals surface area contributed by atoms with Gasteiger partial charge in [-0.25, -0.2) is 9.67 Å². The lowest BCUT2D eigenvalue weighted by Gasteiger charge is -2.07. The predicted octanol–water partition coefficient (Wildman–Crippen LogP) is 2.58. The van der Waals surface area contributed by atoms with Gasteiger partial charge in [-0.3, -0.25) is 9.48 Å². The Balaban J connectivity index is 1.71. The van der Waals surface area contributed by atoms with E-state index >= 15 is 0 Å². The highest BCUT2D eigenvalue weighted by molar-refractivity contribution is 7.09. The molecule has 2 heterocycles. The molecule has 0 aliphatic carbocycles. The van der Waals surface area contributed by atoms with Crippen LogP contribution < -0.4 is 10.9 Å². The van der Waals surface area contributed by atoms with Crippen molar-refractivity contribution < 1.29 is 0 Å². The minimum atomic E-state index is 0.0400. The maximum Gasteiger partial charge on any atom is 0.276 e. The Labute approximate surface area is 145 Å². The van der Waals surface area contributed by atoms with Gasteiger partial charge >= 0.3 is 0 Å². The maximum atomic E-state index is 12.8. The lowest BCUT2D eigenvalue weighted by atomic mass is 10.2. The number of aryl methyl sites for hydroxylation is 1. The zero-order valence-corrected chi connectivity index (χ0v) is 15.1. The summed E-state index contributed by atoms with van der Waals surface area (Å²) in [4.78, 5) is 17.2. The minimum absolute atomic E-state index is 0.0400. The summed E-state index contributed by atoms with van der Waals surface area (Å²) in [5.41, 5.74) is 3.84. The molecular formula is C18H22N4OS. The van der Waals surface area contributed by atoms with E-state index in [-0.39, 0.29) is 5.56 Å². The van der Waals surface area contributed by atoms with Gasteiger partial charge in [0.1, 0.15) is 0 Å². The highest BCUT2D eigenvalue weighted by Crippen LogP contribution is 2.10. The average molecular weight is 342 g/mol. The number of thiazole rings is 1. The van der Waals surface area contributed by atoms with Crippen molar-refractivity contribution in [3.63, 3.8) is 0 Å². The molecule has 126 valence electrons. The first-order valence-corrected chi connectivity index (χ1v) is 8.90. The fraction of sp³-hybridized carbons (Fsp3) is 0.333. The summed E-state index contributed by atoms with van der Waals surface area (Å²) in [5, 5.41) is 6.55. The van der Waals surface area contributed by atoms with Crippen LogP contribution in [0.2, 0.25) is 0 Å². The molecule has 24 heavy (non-hydrogen) atoms. The van der Waals surface area contributed by atoms with Gasteiger partial charge in [-0.1, -0.05) is 18.2 Å². The van der Waals surface area contributed by atoms with Gasteiger partial charge in [0.2, 0.25) is 0 Å². The molecule has 0 fully saturated rings. The summed E-state index contributed by atoms with van der Waals surface area (Å²) >= 11 is 1.67. The first-order chi connectivity index (χ1) is 11.6. The zero-order valence-electron chi connectivity index (χ0n) is 14.2. The Hall–Kier alpha value is -2.18. The molecule has 0 atom stereocenters. The van der Waals surface area contributed by atoms with E-state index < -0.39 is 0 Å². The fourth-order valence-electron chi connectivity index (χ4n) is 2.78. The van der Waals surface area contributed by atoms with Crippen LogP contribution in [0.15, 0.2) is 40.5 Å². The molecule has 1 N–H and O–H groups in total. The van der Waals surface area contributed by atoms with Crippen LogP contribution in [0, 0.1) is 13.8 Å². The Morgan fingerprint density at radius 1 is 1.21 bits per heavy atom. The molecule has 0 radical (unpaired) electrons. The van der Waals surface area contributed by atoms with Gasteiger partial charge in [0.15, 0.2) is 0 Å². The van der Waals surface area contributed by atoms with Gasteiger partial charge in [-0.15, -0.1) is 11.3 Å². The van der Waals surface area contributed by atoms with Crippen LogP contribution in [0.4, 0.5) is 0 Å². The molecule has 0 aliphatic heterocycles. The summed E-state index contributed by atoms with van der Waals surface area (Å²) in [6.07, 6.45) is 0.878. The van der Waals surface area contributed by atoms with E-state index in [2.05, 4.69) is 15.7 Å². The van der Waals surface area contributed by atoms with Gasteiger partial charge in [0.25, 0.3) is 5.56 Å². The molecule has 0 saturated carbocycles. The number of rotatable bonds is 6. The van der Waals surface area contributed by atoms with E-state index in [1.807, 2.05) is 55.9 Å². The number of para-hydroxylation sites is 1. The molecule has 1 aromatic carbocycles. The van der Waals surface area contributed by atoms with Gasteiger partial charge in [-0.05, 0) is 26.0 Å². The summed E-state index contributed by atoms with van der Waals surface area (Å²) < 4.78 is 3.63. The molecule has 0 spiro atoms. The molecule has 3 aromatic rings. The van der Waals surface area contributed by atoms with Crippen LogP contribution in [0.5, 0.6) is 0 Å². The number of benzene rings is 1. The normalized spacial score (nSPS) is 11.1. The Bertz CT molecular complexity index is 876. The Morgan fingerprint density at radius 3 is 2.62 bits per heavy atom. The molecule has 6 heteroatoms. The van der Waals surface area contributed by atoms with E-state index in [4.69, 9.17) is 0 Å². The van der Waals surface area contributed by atoms with Crippen molar-refractivity contribution >= 4 is 11.3 Å². The van der Waals surface area contributed by atoms with Crippen molar-refractivity contribution in [3.8, 4) is 5.69 Å². The standard InChI is InChI=1S/C18H22N4OS/c1-13-17(11-19-10-9-15-12-24-14(2)20-15)18(23)22(21(13)3)16-7-5-4-6-8-16/h4-8,12,19H,9-11H2,1-3H3. The summed E-state index contributed by atoms with van der Waals surface area (Å²) in [7, 11) is 1.92. The van der Waals surface area contributed by atoms with Gasteiger partial charge in [-0.2, -0.15) is 0 Å². The first kappa shape index (κ1) is 16.7. The second kappa shape index (κ2) is 7.15. The maximum absolute atomic E-state index is 12.8. The SMILES string of the molecule is Cc1nc(CCNCc2c(C)n(C)n(-c3ccccc3)c2=O)cs1. The quantitative estimate of drug-likeness (QED) is 0.701. The predicted molar refractivity (Wildman–Crippen MR) is 98.0 cm³/mol. The van der Waals surface area contributed by atoms with Crippen LogP contribution in [0.3, 0.4) is 0 Å². The molecule has 0 bridgehead atoms. The lowest BCUT2D eigenvalue weighted by Crippen LogP contribution is -2.24. The average Bonchev–Trinajstić information content (AvgIpc) is 3.08. The zero-order chi connectivity index (χ0) is 17.1. The van der Waals surface area contributed by atoms with Crippen molar-refractivity contribution in [2.75, 3.05) is 6.54 Å². The van der Waals surface area contributed by atoms with Gasteiger partial charge in [0, 0.05) is 37.6 Å². The first-order valence-electron chi connectivity index (χ1n) is 8.02. The van der Waals surface area contributed by atoms with Gasteiger partial charge in [0.05, 0.1) is 22.0 Å². The minimum Gasteiger partial charge on any atom is -0.312 e. The smallest absolute Gasteiger partial charge is 0.276 e. The van der Waals surface area contributed by atoms with Crippen molar-refractivity contribution in [1.29, 1.82) is 0 Å². The highest BCUT2D eigenvalue weighted by Gasteiger charge is 2.15. The molecule has 3 rings (SSSR count).